The van der Waals surface area contributed by atoms with Crippen molar-refractivity contribution in [2.24, 2.45) is 0 Å². The van der Waals surface area contributed by atoms with Crippen molar-refractivity contribution in [3.63, 3.8) is 0 Å². The summed E-state index contributed by atoms with van der Waals surface area (Å²) in [6, 6.07) is 2.61. The lowest BCUT2D eigenvalue weighted by Gasteiger charge is -2.34. The fourth-order valence-electron chi connectivity index (χ4n) is 1.92. The normalized spacial score (nSPS) is 11.6. The molecule has 0 aliphatic heterocycles. The second kappa shape index (κ2) is 4.72. The van der Waals surface area contributed by atoms with Crippen molar-refractivity contribution in [1.82, 2.24) is 9.97 Å². The van der Waals surface area contributed by atoms with Crippen LogP contribution in [-0.2, 0) is 0 Å². The number of nitro groups is 1. The molecule has 1 aromatic carbocycles. The average molecular weight is 292 g/mol. The third-order valence-corrected chi connectivity index (χ3v) is 3.37. The third-order valence-electron chi connectivity index (χ3n) is 3.37. The second-order valence-corrected chi connectivity index (χ2v) is 5.78. The van der Waals surface area contributed by atoms with Crippen molar-refractivity contribution in [1.29, 1.82) is 0 Å². The fraction of sp³-hybridized carbons (Fsp3) is 0.385. The summed E-state index contributed by atoms with van der Waals surface area (Å²) < 4.78 is 0. The van der Waals surface area contributed by atoms with Crippen molar-refractivity contribution in [2.45, 2.75) is 26.3 Å². The van der Waals surface area contributed by atoms with E-state index < -0.39 is 16.0 Å². The summed E-state index contributed by atoms with van der Waals surface area (Å²) in [6.07, 6.45) is 0. The fourth-order valence-corrected chi connectivity index (χ4v) is 1.92. The molecule has 8 nitrogen and oxygen atoms in total. The summed E-state index contributed by atoms with van der Waals surface area (Å²) in [5.41, 5.74) is -1.05. The Morgan fingerprint density at radius 1 is 1.14 bits per heavy atom. The van der Waals surface area contributed by atoms with Gasteiger partial charge >= 0.3 is 11.1 Å². The minimum atomic E-state index is -0.840. The van der Waals surface area contributed by atoms with Gasteiger partial charge in [0.25, 0.3) is 5.69 Å². The lowest BCUT2D eigenvalue weighted by molar-refractivity contribution is -0.384. The van der Waals surface area contributed by atoms with E-state index in [1.54, 1.807) is 11.9 Å². The van der Waals surface area contributed by atoms with Crippen molar-refractivity contribution < 1.29 is 4.92 Å². The smallest absolute Gasteiger partial charge is 0.314 e. The molecule has 2 aromatic rings. The molecule has 0 atom stereocenters. The van der Waals surface area contributed by atoms with Crippen LogP contribution < -0.4 is 16.0 Å². The second-order valence-electron chi connectivity index (χ2n) is 5.78. The third kappa shape index (κ3) is 2.64. The van der Waals surface area contributed by atoms with Crippen LogP contribution in [0.1, 0.15) is 20.8 Å². The van der Waals surface area contributed by atoms with Crippen molar-refractivity contribution in [3.8, 4) is 0 Å². The molecule has 1 aromatic heterocycles. The molecule has 0 unspecified atom stereocenters. The SMILES string of the molecule is CN(c1cc([N+](=O)[O-])cc2[nH]c(=O)c(=O)[nH]c12)C(C)(C)C. The first-order chi connectivity index (χ1) is 9.61. The predicted octanol–water partition coefficient (Wildman–Crippen LogP) is 1.36. The molecular formula is C13H16N4O4. The number of nitro benzene ring substituents is 1. The lowest BCUT2D eigenvalue weighted by Crippen LogP contribution is -2.39. The Hall–Kier alpha value is -2.64. The van der Waals surface area contributed by atoms with Crippen LogP contribution in [0.4, 0.5) is 11.4 Å². The molecule has 8 heteroatoms. The Kier molecular flexibility index (Phi) is 3.32. The van der Waals surface area contributed by atoms with Crippen molar-refractivity contribution in [2.75, 3.05) is 11.9 Å². The number of rotatable bonds is 2. The van der Waals surface area contributed by atoms with Gasteiger partial charge in [0.15, 0.2) is 0 Å². The summed E-state index contributed by atoms with van der Waals surface area (Å²) in [4.78, 5) is 40.1. The molecule has 0 amide bonds. The first kappa shape index (κ1) is 14.8. The van der Waals surface area contributed by atoms with E-state index in [0.29, 0.717) is 11.2 Å². The van der Waals surface area contributed by atoms with E-state index in [2.05, 4.69) is 9.97 Å². The maximum atomic E-state index is 11.5. The van der Waals surface area contributed by atoms with Crippen LogP contribution in [0.2, 0.25) is 0 Å². The van der Waals surface area contributed by atoms with E-state index in [1.807, 2.05) is 20.8 Å². The quantitative estimate of drug-likeness (QED) is 0.493. The standard InChI is InChI=1S/C13H16N4O4/c1-13(2,3)16(4)9-6-7(17(20)21)5-8-10(9)15-12(19)11(18)14-8/h5-6H,1-4H3,(H,14,18)(H,15,19). The number of benzene rings is 1. The first-order valence-corrected chi connectivity index (χ1v) is 6.30. The van der Waals surface area contributed by atoms with Crippen molar-refractivity contribution in [3.05, 3.63) is 43.0 Å². The van der Waals surface area contributed by atoms with Crippen LogP contribution in [-0.4, -0.2) is 27.5 Å². The first-order valence-electron chi connectivity index (χ1n) is 6.30. The number of hydrogen-bond acceptors (Lipinski definition) is 5. The van der Waals surface area contributed by atoms with Gasteiger partial charge in [-0.25, -0.2) is 0 Å². The molecule has 0 spiro atoms. The van der Waals surface area contributed by atoms with E-state index in [-0.39, 0.29) is 16.7 Å². The summed E-state index contributed by atoms with van der Waals surface area (Å²) in [5.74, 6) is 0. The Bertz CT molecular complexity index is 829. The summed E-state index contributed by atoms with van der Waals surface area (Å²) in [6.45, 7) is 5.80. The van der Waals surface area contributed by atoms with Crippen LogP contribution in [0.15, 0.2) is 21.7 Å². The van der Waals surface area contributed by atoms with Crippen LogP contribution >= 0.6 is 0 Å². The zero-order chi connectivity index (χ0) is 15.9. The minimum Gasteiger partial charge on any atom is -0.368 e. The van der Waals surface area contributed by atoms with Gasteiger partial charge in [-0.15, -0.1) is 0 Å². The molecule has 0 radical (unpaired) electrons. The van der Waals surface area contributed by atoms with Gasteiger partial charge in [0, 0.05) is 24.7 Å². The van der Waals surface area contributed by atoms with Gasteiger partial charge in [0.2, 0.25) is 0 Å². The van der Waals surface area contributed by atoms with Gasteiger partial charge in [-0.2, -0.15) is 0 Å². The molecule has 0 aliphatic carbocycles. The Morgan fingerprint density at radius 3 is 2.24 bits per heavy atom. The topological polar surface area (TPSA) is 112 Å². The van der Waals surface area contributed by atoms with Gasteiger partial charge in [-0.1, -0.05) is 0 Å². The van der Waals surface area contributed by atoms with E-state index in [9.17, 15) is 19.7 Å². The van der Waals surface area contributed by atoms with Gasteiger partial charge in [-0.05, 0) is 20.8 Å². The van der Waals surface area contributed by atoms with Gasteiger partial charge in [-0.3, -0.25) is 19.7 Å². The highest BCUT2D eigenvalue weighted by Crippen LogP contribution is 2.31. The maximum Gasteiger partial charge on any atom is 0.314 e. The summed E-state index contributed by atoms with van der Waals surface area (Å²) >= 11 is 0. The Balaban J connectivity index is 2.89. The molecule has 2 N–H and O–H groups in total. The van der Waals surface area contributed by atoms with E-state index in [0.717, 1.165) is 0 Å². The van der Waals surface area contributed by atoms with Gasteiger partial charge in [0.05, 0.1) is 21.6 Å². The zero-order valence-corrected chi connectivity index (χ0v) is 12.2. The molecule has 0 saturated carbocycles. The zero-order valence-electron chi connectivity index (χ0n) is 12.2. The number of fused-ring (bicyclic) bond motifs is 1. The van der Waals surface area contributed by atoms with Crippen LogP contribution in [0, 0.1) is 10.1 Å². The number of nitrogens with one attached hydrogen (secondary N) is 2. The highest BCUT2D eigenvalue weighted by Gasteiger charge is 2.23. The molecule has 0 aliphatic rings. The molecule has 2 rings (SSSR count). The minimum absolute atomic E-state index is 0.156. The number of anilines is 1. The van der Waals surface area contributed by atoms with E-state index in [1.165, 1.54) is 12.1 Å². The highest BCUT2D eigenvalue weighted by molar-refractivity contribution is 5.90. The Labute approximate surface area is 119 Å². The summed E-state index contributed by atoms with van der Waals surface area (Å²) in [5, 5.41) is 11.0. The number of hydrogen-bond donors (Lipinski definition) is 2. The van der Waals surface area contributed by atoms with Gasteiger partial charge in [0.1, 0.15) is 0 Å². The number of nitrogens with zero attached hydrogens (tertiary/aromatic N) is 2. The molecule has 1 heterocycles. The number of aromatic nitrogens is 2. The van der Waals surface area contributed by atoms with Crippen LogP contribution in [0.25, 0.3) is 11.0 Å². The van der Waals surface area contributed by atoms with Crippen LogP contribution in [0.5, 0.6) is 0 Å². The Morgan fingerprint density at radius 2 is 1.71 bits per heavy atom. The van der Waals surface area contributed by atoms with E-state index in [4.69, 9.17) is 0 Å². The largest absolute Gasteiger partial charge is 0.368 e. The summed E-state index contributed by atoms with van der Waals surface area (Å²) in [7, 11) is 1.77. The molecule has 21 heavy (non-hydrogen) atoms. The number of aromatic amines is 2. The lowest BCUT2D eigenvalue weighted by atomic mass is 10.0. The average Bonchev–Trinajstić information content (AvgIpc) is 2.37. The highest BCUT2D eigenvalue weighted by atomic mass is 16.6. The monoisotopic (exact) mass is 292 g/mol. The van der Waals surface area contributed by atoms with Crippen molar-refractivity contribution >= 4 is 22.4 Å². The maximum absolute atomic E-state index is 11.5. The molecule has 0 bridgehead atoms. The molecular weight excluding hydrogens is 276 g/mol. The van der Waals surface area contributed by atoms with Crippen LogP contribution in [0.3, 0.4) is 0 Å². The van der Waals surface area contributed by atoms with E-state index >= 15 is 0 Å². The van der Waals surface area contributed by atoms with Gasteiger partial charge < -0.3 is 14.9 Å². The molecule has 0 saturated heterocycles. The molecule has 112 valence electrons. The number of H-pyrrole nitrogens is 2. The molecule has 0 fully saturated rings. The number of non-ortho nitro benzene ring substituents is 1. The predicted molar refractivity (Wildman–Crippen MR) is 80.0 cm³/mol.